The van der Waals surface area contributed by atoms with Gasteiger partial charge in [0.2, 0.25) is 0 Å². The van der Waals surface area contributed by atoms with Gasteiger partial charge in [0.25, 0.3) is 0 Å². The van der Waals surface area contributed by atoms with Crippen LogP contribution in [-0.4, -0.2) is 67.1 Å². The van der Waals surface area contributed by atoms with Crippen molar-refractivity contribution in [3.63, 3.8) is 0 Å². The van der Waals surface area contributed by atoms with Gasteiger partial charge in [0.05, 0.1) is 45.3 Å². The topological polar surface area (TPSA) is 81.4 Å². The van der Waals surface area contributed by atoms with Crippen LogP contribution in [0.15, 0.2) is 18.2 Å². The van der Waals surface area contributed by atoms with Gasteiger partial charge in [0.15, 0.2) is 0 Å². The molecule has 0 radical (unpaired) electrons. The van der Waals surface area contributed by atoms with Gasteiger partial charge in [0.1, 0.15) is 24.7 Å². The maximum absolute atomic E-state index is 5.94. The molecule has 0 fully saturated rings. The van der Waals surface area contributed by atoms with E-state index in [0.29, 0.717) is 70.0 Å². The molecule has 23 heavy (non-hydrogen) atoms. The minimum atomic E-state index is 0.432. The highest BCUT2D eigenvalue weighted by Gasteiger charge is 2.03. The highest BCUT2D eigenvalue weighted by Crippen LogP contribution is 2.26. The third kappa shape index (κ3) is 9.25. The average molecular weight is 329 g/mol. The summed E-state index contributed by atoms with van der Waals surface area (Å²) in [5, 5.41) is 0. The number of ether oxygens (including phenoxy) is 6. The van der Waals surface area contributed by atoms with E-state index in [0.717, 1.165) is 0 Å². The van der Waals surface area contributed by atoms with Crippen molar-refractivity contribution in [2.45, 2.75) is 0 Å². The predicted molar refractivity (Wildman–Crippen MR) is 87.2 cm³/mol. The minimum Gasteiger partial charge on any atom is -0.491 e. The van der Waals surface area contributed by atoms with E-state index < -0.39 is 0 Å². The number of nitrogens with two attached hydrogens (primary N) is 1. The summed E-state index contributed by atoms with van der Waals surface area (Å²) < 4.78 is 31.5. The van der Waals surface area contributed by atoms with Crippen molar-refractivity contribution in [3.05, 3.63) is 18.2 Å². The second kappa shape index (κ2) is 13.0. The van der Waals surface area contributed by atoms with E-state index in [4.69, 9.17) is 34.2 Å². The first kappa shape index (κ1) is 19.5. The Hall–Kier alpha value is -1.54. The molecule has 0 aliphatic heterocycles. The van der Waals surface area contributed by atoms with Gasteiger partial charge in [-0.2, -0.15) is 0 Å². The van der Waals surface area contributed by atoms with E-state index in [2.05, 4.69) is 0 Å². The lowest BCUT2D eigenvalue weighted by molar-refractivity contribution is 0.0539. The standard InChI is InChI=1S/C16H27NO6/c1-18-5-7-20-9-11-22-14-3-4-16(15(17)13-14)23-12-10-21-8-6-19-2/h3-4,13H,5-12,17H2,1-2H3. The molecule has 0 atom stereocenters. The van der Waals surface area contributed by atoms with Crippen LogP contribution in [0.1, 0.15) is 0 Å². The van der Waals surface area contributed by atoms with Crippen LogP contribution in [-0.2, 0) is 18.9 Å². The molecule has 0 aliphatic carbocycles. The minimum absolute atomic E-state index is 0.432. The zero-order valence-corrected chi connectivity index (χ0v) is 13.9. The molecule has 0 heterocycles. The van der Waals surface area contributed by atoms with Crippen LogP contribution in [0.2, 0.25) is 0 Å². The molecule has 2 N–H and O–H groups in total. The van der Waals surface area contributed by atoms with E-state index in [-0.39, 0.29) is 0 Å². The van der Waals surface area contributed by atoms with Gasteiger partial charge in [0, 0.05) is 20.3 Å². The Balaban J connectivity index is 2.20. The highest BCUT2D eigenvalue weighted by atomic mass is 16.5. The van der Waals surface area contributed by atoms with Gasteiger partial charge in [-0.3, -0.25) is 0 Å². The molecule has 0 bridgehead atoms. The molecule has 0 spiro atoms. The summed E-state index contributed by atoms with van der Waals surface area (Å²) in [6.07, 6.45) is 0. The van der Waals surface area contributed by atoms with Gasteiger partial charge in [-0.15, -0.1) is 0 Å². The first-order valence-corrected chi connectivity index (χ1v) is 7.56. The quantitative estimate of drug-likeness (QED) is 0.407. The van der Waals surface area contributed by atoms with E-state index in [1.807, 2.05) is 6.07 Å². The molecule has 0 unspecified atom stereocenters. The Morgan fingerprint density at radius 3 is 1.87 bits per heavy atom. The maximum Gasteiger partial charge on any atom is 0.142 e. The van der Waals surface area contributed by atoms with Crippen LogP contribution in [0.5, 0.6) is 11.5 Å². The Kier molecular flexibility index (Phi) is 11.0. The van der Waals surface area contributed by atoms with E-state index >= 15 is 0 Å². The first-order valence-electron chi connectivity index (χ1n) is 7.56. The predicted octanol–water partition coefficient (Wildman–Crippen LogP) is 1.35. The molecule has 132 valence electrons. The highest BCUT2D eigenvalue weighted by molar-refractivity contribution is 5.56. The fraction of sp³-hybridized carbons (Fsp3) is 0.625. The Morgan fingerprint density at radius 2 is 1.30 bits per heavy atom. The Labute approximate surface area is 137 Å². The number of benzene rings is 1. The number of anilines is 1. The molecule has 0 aromatic heterocycles. The lowest BCUT2D eigenvalue weighted by Crippen LogP contribution is -2.11. The van der Waals surface area contributed by atoms with Crippen molar-refractivity contribution in [2.24, 2.45) is 0 Å². The van der Waals surface area contributed by atoms with Crippen molar-refractivity contribution in [1.29, 1.82) is 0 Å². The van der Waals surface area contributed by atoms with Crippen LogP contribution in [0.25, 0.3) is 0 Å². The monoisotopic (exact) mass is 329 g/mol. The van der Waals surface area contributed by atoms with Gasteiger partial charge >= 0.3 is 0 Å². The maximum atomic E-state index is 5.94. The largest absolute Gasteiger partial charge is 0.491 e. The second-order valence-corrected chi connectivity index (χ2v) is 4.61. The molecule has 0 saturated carbocycles. The van der Waals surface area contributed by atoms with Crippen molar-refractivity contribution >= 4 is 5.69 Å². The lowest BCUT2D eigenvalue weighted by Gasteiger charge is -2.12. The van der Waals surface area contributed by atoms with Gasteiger partial charge in [-0.25, -0.2) is 0 Å². The molecule has 7 heteroatoms. The Morgan fingerprint density at radius 1 is 0.739 bits per heavy atom. The summed E-state index contributed by atoms with van der Waals surface area (Å²) in [7, 11) is 3.27. The van der Waals surface area contributed by atoms with Gasteiger partial charge < -0.3 is 34.2 Å². The average Bonchev–Trinajstić information content (AvgIpc) is 2.55. The first-order chi connectivity index (χ1) is 11.3. The molecule has 0 aliphatic rings. The summed E-state index contributed by atoms with van der Waals surface area (Å²) >= 11 is 0. The number of hydrogen-bond acceptors (Lipinski definition) is 7. The molecule has 1 rings (SSSR count). The van der Waals surface area contributed by atoms with Gasteiger partial charge in [-0.05, 0) is 12.1 Å². The zero-order chi connectivity index (χ0) is 16.8. The normalized spacial score (nSPS) is 10.7. The molecule has 0 amide bonds. The van der Waals surface area contributed by atoms with E-state index in [9.17, 15) is 0 Å². The SMILES string of the molecule is COCCOCCOc1ccc(OCCOCCOC)c(N)c1. The molecular weight excluding hydrogens is 302 g/mol. The van der Waals surface area contributed by atoms with Crippen molar-refractivity contribution in [3.8, 4) is 11.5 Å². The van der Waals surface area contributed by atoms with E-state index in [1.54, 1.807) is 26.4 Å². The lowest BCUT2D eigenvalue weighted by atomic mass is 10.3. The summed E-state index contributed by atoms with van der Waals surface area (Å²) in [4.78, 5) is 0. The third-order valence-corrected chi connectivity index (χ3v) is 2.83. The Bertz CT molecular complexity index is 416. The molecule has 1 aromatic carbocycles. The number of nitrogen functional groups attached to an aromatic ring is 1. The van der Waals surface area contributed by atoms with Crippen LogP contribution < -0.4 is 15.2 Å². The van der Waals surface area contributed by atoms with Crippen molar-refractivity contribution in [1.82, 2.24) is 0 Å². The van der Waals surface area contributed by atoms with Crippen molar-refractivity contribution < 1.29 is 28.4 Å². The summed E-state index contributed by atoms with van der Waals surface area (Å²) in [6.45, 7) is 4.13. The van der Waals surface area contributed by atoms with Crippen LogP contribution in [0.3, 0.4) is 0 Å². The van der Waals surface area contributed by atoms with Crippen molar-refractivity contribution in [2.75, 3.05) is 72.8 Å². The fourth-order valence-corrected chi connectivity index (χ4v) is 1.67. The van der Waals surface area contributed by atoms with Crippen LogP contribution in [0, 0.1) is 0 Å². The fourth-order valence-electron chi connectivity index (χ4n) is 1.67. The third-order valence-electron chi connectivity index (χ3n) is 2.83. The van der Waals surface area contributed by atoms with Crippen LogP contribution in [0.4, 0.5) is 5.69 Å². The number of hydrogen-bond donors (Lipinski definition) is 1. The van der Waals surface area contributed by atoms with E-state index in [1.165, 1.54) is 0 Å². The molecule has 1 aromatic rings. The second-order valence-electron chi connectivity index (χ2n) is 4.61. The number of rotatable bonds is 14. The summed E-state index contributed by atoms with van der Waals surface area (Å²) in [5.74, 6) is 1.30. The van der Waals surface area contributed by atoms with Gasteiger partial charge in [-0.1, -0.05) is 0 Å². The molecular formula is C16H27NO6. The van der Waals surface area contributed by atoms with Crippen LogP contribution >= 0.6 is 0 Å². The number of methoxy groups -OCH3 is 2. The molecule has 7 nitrogen and oxygen atoms in total. The zero-order valence-electron chi connectivity index (χ0n) is 13.9. The summed E-state index contributed by atoms with van der Waals surface area (Å²) in [6, 6.07) is 5.33. The molecule has 0 saturated heterocycles. The smallest absolute Gasteiger partial charge is 0.142 e. The summed E-state index contributed by atoms with van der Waals surface area (Å²) in [5.41, 5.74) is 6.47.